The molecular formula is C69H78F8N18O6. The first-order chi connectivity index (χ1) is 48.6. The van der Waals surface area contributed by atoms with Crippen LogP contribution in [0, 0.1) is 0 Å². The molecule has 0 spiro atoms. The molecule has 8 atom stereocenters. The highest BCUT2D eigenvalue weighted by atomic mass is 19.3. The molecule has 2 aromatic heterocycles. The van der Waals surface area contributed by atoms with Crippen LogP contribution < -0.4 is 50.1 Å². The Bertz CT molecular complexity index is 3910. The number of ether oxygens (including phenoxy) is 4. The van der Waals surface area contributed by atoms with Gasteiger partial charge in [0.15, 0.2) is 11.6 Å². The van der Waals surface area contributed by atoms with E-state index in [9.17, 15) is 0 Å². The van der Waals surface area contributed by atoms with Gasteiger partial charge < -0.3 is 63.9 Å². The molecule has 0 saturated carbocycles. The van der Waals surface area contributed by atoms with Gasteiger partial charge >= 0.3 is 12.1 Å². The molecule has 8 unspecified atom stereocenters. The normalized spacial score (nSPS) is 27.1. The summed E-state index contributed by atoms with van der Waals surface area (Å²) >= 11 is 0. The van der Waals surface area contributed by atoms with Crippen LogP contribution in [-0.2, 0) is 18.9 Å². The summed E-state index contributed by atoms with van der Waals surface area (Å²) < 4.78 is 149. The molecular weight excluding hydrogens is 1330 g/mol. The summed E-state index contributed by atoms with van der Waals surface area (Å²) in [4.78, 5) is 74.8. The molecule has 4 aromatic carbocycles. The molecule has 12 heterocycles. The van der Waals surface area contributed by atoms with Crippen molar-refractivity contribution >= 4 is 70.0 Å². The molecule has 8 bridgehead atoms. The van der Waals surface area contributed by atoms with E-state index in [1.807, 2.05) is 24.3 Å². The second-order valence-electron chi connectivity index (χ2n) is 28.0. The molecule has 24 nitrogen and oxygen atoms in total. The summed E-state index contributed by atoms with van der Waals surface area (Å²) in [5, 5.41) is 8.26. The standard InChI is InChI=1S/C69H78F8N18O6/c1-4-86-21-23-88(24-22-86)46-17-9-44(10-18-46)78-64(96)94(48-13-5-42(6-14-48)58-80-60(90-50-29-66(70,71)54(90)37-98-33-50)84-61(81-58)91-51-30-67(72,73)55(91)38-99-34-51)95(65(97)79-45-11-19-47(20-12-45)89-27-25-87(26-28-89)41(2)3)49-15-7-43(8-16-49)59-82-62(92-52-31-68(74,75)56(92)39-100-35-52)85-63(83-59)93-53-32-69(76,77)57(93)40-101-36-53/h5-20,41,50-57H,4,21-40H2,1-3H3,(H,78,96)(H,79,97). The molecule has 101 heavy (non-hydrogen) atoms. The smallest absolute Gasteiger partial charge is 0.345 e. The van der Waals surface area contributed by atoms with Crippen LogP contribution in [0.15, 0.2) is 97.1 Å². The van der Waals surface area contributed by atoms with Crippen LogP contribution in [0.4, 0.5) is 103 Å². The van der Waals surface area contributed by atoms with Gasteiger partial charge in [0.1, 0.15) is 24.2 Å². The Balaban J connectivity index is 0.796. The van der Waals surface area contributed by atoms with Crippen LogP contribution >= 0.6 is 0 Å². The average Bonchev–Trinajstić information content (AvgIpc) is 1.63. The SMILES string of the molecule is CCN1CCN(c2ccc(NC(=O)N(c3ccc(-c4nc(N5C6COCC5C(F)(F)C6)nc(N5C6COCC5C(F)(F)C6)n4)cc3)N(C(=O)Nc3ccc(N4CCN(C(C)C)CC4)cc3)c3ccc(-c4nc(N5C6COCC5C(F)(F)C6)nc(N5C6COCC5C(F)(F)C6)n4)cc3)cc2)CC1. The molecule has 4 amide bonds. The third-order valence-corrected chi connectivity index (χ3v) is 21.5. The third kappa shape index (κ3) is 12.5. The van der Waals surface area contributed by atoms with E-state index >= 15 is 44.7 Å². The molecule has 16 rings (SSSR count). The number of hydrogen-bond donors (Lipinski definition) is 2. The molecule has 10 aliphatic rings. The largest absolute Gasteiger partial charge is 0.377 e. The minimum atomic E-state index is -3.20. The summed E-state index contributed by atoms with van der Waals surface area (Å²) in [6.07, 6.45) is -2.19. The van der Waals surface area contributed by atoms with Gasteiger partial charge in [0.05, 0.1) is 88.4 Å². The molecule has 10 aliphatic heterocycles. The highest BCUT2D eigenvalue weighted by Crippen LogP contribution is 2.49. The lowest BCUT2D eigenvalue weighted by Crippen LogP contribution is -2.54. The van der Waals surface area contributed by atoms with E-state index in [0.717, 1.165) is 80.3 Å². The number of carbonyl (C=O) groups excluding carboxylic acids is 2. The summed E-state index contributed by atoms with van der Waals surface area (Å²) in [5.74, 6) is -13.5. The molecule has 2 N–H and O–H groups in total. The van der Waals surface area contributed by atoms with Crippen LogP contribution in [-0.4, -0.2) is 242 Å². The maximum atomic E-state index is 15.8. The Labute approximate surface area is 577 Å². The molecule has 0 radical (unpaired) electrons. The predicted molar refractivity (Wildman–Crippen MR) is 361 cm³/mol. The Kier molecular flexibility index (Phi) is 17.3. The number of fused-ring (bicyclic) bond motifs is 8. The number of halogens is 8. The number of alkyl halides is 8. The zero-order valence-electron chi connectivity index (χ0n) is 55.9. The number of carbonyl (C=O) groups is 2. The number of nitrogens with one attached hydrogen (secondary N) is 2. The first-order valence-electron chi connectivity index (χ1n) is 34.6. The second kappa shape index (κ2) is 26.1. The van der Waals surface area contributed by atoms with E-state index in [1.54, 1.807) is 48.5 Å². The Morgan fingerprint density at radius 3 is 1.03 bits per heavy atom. The molecule has 6 aromatic rings. The van der Waals surface area contributed by atoms with Gasteiger partial charge in [-0.2, -0.15) is 39.9 Å². The second-order valence-corrected chi connectivity index (χ2v) is 28.0. The predicted octanol–water partition coefficient (Wildman–Crippen LogP) is 9.21. The Morgan fingerprint density at radius 2 is 0.743 bits per heavy atom. The summed E-state index contributed by atoms with van der Waals surface area (Å²) in [6.45, 7) is 12.5. The molecule has 0 aliphatic carbocycles. The van der Waals surface area contributed by atoms with Crippen molar-refractivity contribution in [2.45, 2.75) is 125 Å². The van der Waals surface area contributed by atoms with Crippen LogP contribution in [0.25, 0.3) is 22.8 Å². The minimum Gasteiger partial charge on any atom is -0.377 e. The van der Waals surface area contributed by atoms with Crippen molar-refractivity contribution in [3.05, 3.63) is 97.1 Å². The number of rotatable bonds is 14. The van der Waals surface area contributed by atoms with Gasteiger partial charge in [-0.15, -0.1) is 0 Å². The Morgan fingerprint density at radius 1 is 0.436 bits per heavy atom. The lowest BCUT2D eigenvalue weighted by molar-refractivity contribution is -0.0257. The lowest BCUT2D eigenvalue weighted by atomic mass is 10.1. The molecule has 32 heteroatoms. The van der Waals surface area contributed by atoms with Crippen molar-refractivity contribution in [3.63, 3.8) is 0 Å². The zero-order chi connectivity index (χ0) is 69.9. The maximum Gasteiger partial charge on any atom is 0.345 e. The first kappa shape index (κ1) is 67.0. The van der Waals surface area contributed by atoms with Crippen molar-refractivity contribution in [1.29, 1.82) is 0 Å². The molecule has 10 fully saturated rings. The van der Waals surface area contributed by atoms with Crippen LogP contribution in [0.3, 0.4) is 0 Å². The number of benzene rings is 4. The topological polar surface area (TPSA) is 205 Å². The van der Waals surface area contributed by atoms with Crippen LogP contribution in [0.2, 0.25) is 0 Å². The molecule has 536 valence electrons. The van der Waals surface area contributed by atoms with Gasteiger partial charge in [-0.05, 0) is 117 Å². The number of anilines is 10. The quantitative estimate of drug-likeness (QED) is 0.0770. The maximum absolute atomic E-state index is 15.8. The average molecular weight is 1410 g/mol. The van der Waals surface area contributed by atoms with E-state index < -0.39 is 110 Å². The number of likely N-dealkylation sites (N-methyl/N-ethyl adjacent to an activating group) is 1. The number of urea groups is 2. The number of amides is 4. The summed E-state index contributed by atoms with van der Waals surface area (Å²) in [6, 6.07) is 16.5. The highest BCUT2D eigenvalue weighted by molar-refractivity contribution is 6.13. The summed E-state index contributed by atoms with van der Waals surface area (Å²) in [7, 11) is 0. The van der Waals surface area contributed by atoms with E-state index in [4.69, 9.17) is 38.9 Å². The van der Waals surface area contributed by atoms with Gasteiger partial charge in [0, 0.05) is 118 Å². The minimum absolute atomic E-state index is 0.0527. The van der Waals surface area contributed by atoms with E-state index in [0.29, 0.717) is 17.4 Å². The van der Waals surface area contributed by atoms with Gasteiger partial charge in [-0.25, -0.2) is 44.7 Å². The third-order valence-electron chi connectivity index (χ3n) is 21.5. The van der Waals surface area contributed by atoms with Crippen molar-refractivity contribution in [1.82, 2.24) is 39.7 Å². The lowest BCUT2D eigenvalue weighted by Gasteiger charge is -2.38. The summed E-state index contributed by atoms with van der Waals surface area (Å²) in [5.41, 5.74) is 3.29. The number of morpholine rings is 4. The van der Waals surface area contributed by atoms with E-state index in [-0.39, 0.29) is 111 Å². The number of aromatic nitrogens is 6. The fourth-order valence-corrected chi connectivity index (χ4v) is 16.1. The van der Waals surface area contributed by atoms with Crippen LogP contribution in [0.5, 0.6) is 0 Å². The molecule has 10 saturated heterocycles. The van der Waals surface area contributed by atoms with E-state index in [1.165, 1.54) is 43.9 Å². The fourth-order valence-electron chi connectivity index (χ4n) is 16.1. The zero-order valence-corrected chi connectivity index (χ0v) is 55.9. The van der Waals surface area contributed by atoms with Crippen molar-refractivity contribution in [2.75, 3.05) is 162 Å². The van der Waals surface area contributed by atoms with Gasteiger partial charge in [0.25, 0.3) is 23.7 Å². The number of hydrazine groups is 1. The number of nitrogens with zero attached hydrogens (tertiary/aromatic N) is 16. The highest BCUT2D eigenvalue weighted by Gasteiger charge is 2.62. The van der Waals surface area contributed by atoms with Gasteiger partial charge in [-0.1, -0.05) is 6.92 Å². The number of hydrogen-bond acceptors (Lipinski definition) is 20. The first-order valence-corrected chi connectivity index (χ1v) is 34.6. The van der Waals surface area contributed by atoms with E-state index in [2.05, 4.69) is 61.0 Å². The van der Waals surface area contributed by atoms with Crippen molar-refractivity contribution in [3.8, 4) is 22.8 Å². The van der Waals surface area contributed by atoms with Gasteiger partial charge in [-0.3, -0.25) is 4.90 Å². The number of piperazine rings is 2. The van der Waals surface area contributed by atoms with Gasteiger partial charge in [0.2, 0.25) is 23.8 Å². The Hall–Kier alpha value is -8.56. The van der Waals surface area contributed by atoms with Crippen molar-refractivity contribution < 1.29 is 63.7 Å². The fraction of sp³-hybridized carbons (Fsp3) is 0.536. The van der Waals surface area contributed by atoms with Crippen molar-refractivity contribution in [2.24, 2.45) is 0 Å². The monoisotopic (exact) mass is 1410 g/mol. The van der Waals surface area contributed by atoms with Crippen LogP contribution in [0.1, 0.15) is 46.5 Å².